The second-order valence-corrected chi connectivity index (χ2v) is 7.27. The van der Waals surface area contributed by atoms with Gasteiger partial charge in [0.15, 0.2) is 11.5 Å². The SMILES string of the molecule is CC(C)C(=O)C1=C(O)C(=O)N(Cc2cccnc2)C1c1c[nH]c2ccccc12. The number of fused-ring (bicyclic) bond motifs is 1. The van der Waals surface area contributed by atoms with Crippen LogP contribution >= 0.6 is 0 Å². The quantitative estimate of drug-likeness (QED) is 0.712. The minimum atomic E-state index is -0.654. The Morgan fingerprint density at radius 1 is 1.25 bits per heavy atom. The summed E-state index contributed by atoms with van der Waals surface area (Å²) in [7, 11) is 0. The molecule has 2 aromatic heterocycles. The van der Waals surface area contributed by atoms with E-state index in [4.69, 9.17) is 0 Å². The number of aromatic amines is 1. The molecule has 1 atom stereocenters. The molecule has 3 aromatic rings. The van der Waals surface area contributed by atoms with Crippen LogP contribution in [0.4, 0.5) is 0 Å². The number of aliphatic hydroxyl groups is 1. The zero-order chi connectivity index (χ0) is 19.8. The second-order valence-electron chi connectivity index (χ2n) is 7.27. The fraction of sp³-hybridized carbons (Fsp3) is 0.227. The van der Waals surface area contributed by atoms with Crippen molar-refractivity contribution in [1.29, 1.82) is 0 Å². The topological polar surface area (TPSA) is 86.3 Å². The third-order valence-corrected chi connectivity index (χ3v) is 5.09. The smallest absolute Gasteiger partial charge is 0.290 e. The van der Waals surface area contributed by atoms with E-state index < -0.39 is 17.7 Å². The Morgan fingerprint density at radius 3 is 2.75 bits per heavy atom. The average Bonchev–Trinajstić information content (AvgIpc) is 3.22. The molecule has 4 rings (SSSR count). The normalized spacial score (nSPS) is 17.2. The predicted octanol–water partition coefficient (Wildman–Crippen LogP) is 3.68. The Labute approximate surface area is 162 Å². The molecule has 0 aliphatic carbocycles. The molecule has 0 saturated carbocycles. The molecule has 6 nitrogen and oxygen atoms in total. The van der Waals surface area contributed by atoms with Gasteiger partial charge in [-0.2, -0.15) is 0 Å². The highest BCUT2D eigenvalue weighted by molar-refractivity contribution is 6.10. The second kappa shape index (κ2) is 6.96. The highest BCUT2D eigenvalue weighted by Crippen LogP contribution is 2.42. The number of hydrogen-bond acceptors (Lipinski definition) is 4. The number of aliphatic hydroxyl groups excluding tert-OH is 1. The fourth-order valence-corrected chi connectivity index (χ4v) is 3.71. The van der Waals surface area contributed by atoms with Crippen molar-refractivity contribution < 1.29 is 14.7 Å². The molecule has 0 bridgehead atoms. The number of pyridine rings is 1. The van der Waals surface area contributed by atoms with E-state index in [0.29, 0.717) is 0 Å². The third-order valence-electron chi connectivity index (χ3n) is 5.09. The van der Waals surface area contributed by atoms with Gasteiger partial charge >= 0.3 is 0 Å². The van der Waals surface area contributed by atoms with Gasteiger partial charge in [-0.3, -0.25) is 14.6 Å². The number of carbonyl (C=O) groups is 2. The standard InChI is InChI=1S/C22H21N3O3/c1-13(2)20(26)18-19(16-11-24-17-8-4-3-7-15(16)17)25(22(28)21(18)27)12-14-6-5-9-23-10-14/h3-11,13,19,24,27H,12H2,1-2H3. The molecule has 142 valence electrons. The molecule has 6 heteroatoms. The number of Topliss-reactive ketones (excluding diaryl/α,β-unsaturated/α-hetero) is 1. The van der Waals surface area contributed by atoms with Gasteiger partial charge in [-0.15, -0.1) is 0 Å². The van der Waals surface area contributed by atoms with Gasteiger partial charge in [0.25, 0.3) is 5.91 Å². The number of ketones is 1. The molecule has 1 unspecified atom stereocenters. The van der Waals surface area contributed by atoms with Crippen LogP contribution in [-0.2, 0) is 16.1 Å². The fourth-order valence-electron chi connectivity index (χ4n) is 3.71. The van der Waals surface area contributed by atoms with E-state index in [1.165, 1.54) is 4.90 Å². The average molecular weight is 375 g/mol. The largest absolute Gasteiger partial charge is 0.503 e. The molecular weight excluding hydrogens is 354 g/mol. The minimum absolute atomic E-state index is 0.161. The van der Waals surface area contributed by atoms with Crippen LogP contribution in [0.3, 0.4) is 0 Å². The van der Waals surface area contributed by atoms with Gasteiger partial charge in [0.2, 0.25) is 0 Å². The van der Waals surface area contributed by atoms with Crippen LogP contribution < -0.4 is 0 Å². The lowest BCUT2D eigenvalue weighted by Gasteiger charge is -2.26. The summed E-state index contributed by atoms with van der Waals surface area (Å²) in [4.78, 5) is 34.7. The number of benzene rings is 1. The zero-order valence-corrected chi connectivity index (χ0v) is 15.7. The number of nitrogens with zero attached hydrogens (tertiary/aromatic N) is 2. The first-order chi connectivity index (χ1) is 13.5. The van der Waals surface area contributed by atoms with Gasteiger partial charge in [-0.25, -0.2) is 0 Å². The lowest BCUT2D eigenvalue weighted by molar-refractivity contribution is -0.130. The highest BCUT2D eigenvalue weighted by Gasteiger charge is 2.44. The summed E-state index contributed by atoms with van der Waals surface area (Å²) >= 11 is 0. The summed E-state index contributed by atoms with van der Waals surface area (Å²) in [6, 6.07) is 10.7. The molecule has 2 N–H and O–H groups in total. The Bertz CT molecular complexity index is 1080. The van der Waals surface area contributed by atoms with Gasteiger partial charge in [-0.05, 0) is 17.7 Å². The van der Waals surface area contributed by atoms with E-state index >= 15 is 0 Å². The summed E-state index contributed by atoms with van der Waals surface area (Å²) in [6.07, 6.45) is 5.15. The summed E-state index contributed by atoms with van der Waals surface area (Å²) in [5.41, 5.74) is 2.69. The number of aromatic nitrogens is 2. The van der Waals surface area contributed by atoms with E-state index in [1.54, 1.807) is 32.3 Å². The predicted molar refractivity (Wildman–Crippen MR) is 105 cm³/mol. The number of amides is 1. The minimum Gasteiger partial charge on any atom is -0.503 e. The first kappa shape index (κ1) is 18.0. The molecule has 28 heavy (non-hydrogen) atoms. The Morgan fingerprint density at radius 2 is 2.04 bits per heavy atom. The van der Waals surface area contributed by atoms with E-state index in [2.05, 4.69) is 9.97 Å². The molecule has 0 saturated heterocycles. The number of para-hydroxylation sites is 1. The number of hydrogen-bond donors (Lipinski definition) is 2. The number of H-pyrrole nitrogens is 1. The van der Waals surface area contributed by atoms with Crippen molar-refractivity contribution in [3.05, 3.63) is 77.4 Å². The monoisotopic (exact) mass is 375 g/mol. The van der Waals surface area contributed by atoms with Crippen LogP contribution in [0.15, 0.2) is 66.3 Å². The van der Waals surface area contributed by atoms with Crippen molar-refractivity contribution in [2.75, 3.05) is 0 Å². The van der Waals surface area contributed by atoms with Crippen molar-refractivity contribution in [3.63, 3.8) is 0 Å². The van der Waals surface area contributed by atoms with E-state index in [0.717, 1.165) is 22.0 Å². The molecule has 0 radical (unpaired) electrons. The maximum absolute atomic E-state index is 12.9. The third kappa shape index (κ3) is 2.87. The first-order valence-electron chi connectivity index (χ1n) is 9.22. The number of rotatable bonds is 5. The van der Waals surface area contributed by atoms with E-state index in [-0.39, 0.29) is 23.8 Å². The first-order valence-corrected chi connectivity index (χ1v) is 9.22. The molecule has 1 amide bonds. The van der Waals surface area contributed by atoms with E-state index in [9.17, 15) is 14.7 Å². The van der Waals surface area contributed by atoms with Gasteiger partial charge < -0.3 is 15.0 Å². The van der Waals surface area contributed by atoms with Gasteiger partial charge in [0, 0.05) is 47.5 Å². The summed E-state index contributed by atoms with van der Waals surface area (Å²) in [5, 5.41) is 11.5. The van der Waals surface area contributed by atoms with Crippen molar-refractivity contribution in [3.8, 4) is 0 Å². The zero-order valence-electron chi connectivity index (χ0n) is 15.7. The summed E-state index contributed by atoms with van der Waals surface area (Å²) < 4.78 is 0. The molecule has 0 spiro atoms. The Balaban J connectivity index is 1.86. The maximum atomic E-state index is 12.9. The van der Waals surface area contributed by atoms with Crippen molar-refractivity contribution in [2.24, 2.45) is 5.92 Å². The maximum Gasteiger partial charge on any atom is 0.290 e. The van der Waals surface area contributed by atoms with Gasteiger partial charge in [0.05, 0.1) is 11.6 Å². The highest BCUT2D eigenvalue weighted by atomic mass is 16.3. The van der Waals surface area contributed by atoms with Crippen molar-refractivity contribution >= 4 is 22.6 Å². The summed E-state index contributed by atoms with van der Waals surface area (Å²) in [5.74, 6) is -1.56. The van der Waals surface area contributed by atoms with Crippen molar-refractivity contribution in [1.82, 2.24) is 14.9 Å². The van der Waals surface area contributed by atoms with Crippen LogP contribution in [0, 0.1) is 5.92 Å². The van der Waals surface area contributed by atoms with Crippen molar-refractivity contribution in [2.45, 2.75) is 26.4 Å². The molecule has 3 heterocycles. The van der Waals surface area contributed by atoms with Crippen LogP contribution in [0.25, 0.3) is 10.9 Å². The van der Waals surface area contributed by atoms with Gasteiger partial charge in [0.1, 0.15) is 0 Å². The number of carbonyl (C=O) groups excluding carboxylic acids is 2. The molecular formula is C22H21N3O3. The van der Waals surface area contributed by atoms with Crippen LogP contribution in [0.2, 0.25) is 0 Å². The lowest BCUT2D eigenvalue weighted by Crippen LogP contribution is -2.31. The summed E-state index contributed by atoms with van der Waals surface area (Å²) in [6.45, 7) is 3.78. The Kier molecular flexibility index (Phi) is 4.47. The van der Waals surface area contributed by atoms with E-state index in [1.807, 2.05) is 36.5 Å². The molecule has 0 fully saturated rings. The van der Waals surface area contributed by atoms with Crippen LogP contribution in [0.1, 0.15) is 31.0 Å². The van der Waals surface area contributed by atoms with Crippen LogP contribution in [-0.4, -0.2) is 31.7 Å². The molecule has 1 aromatic carbocycles. The molecule has 1 aliphatic heterocycles. The Hall–Kier alpha value is -3.41. The molecule has 1 aliphatic rings. The van der Waals surface area contributed by atoms with Gasteiger partial charge in [-0.1, -0.05) is 38.1 Å². The lowest BCUT2D eigenvalue weighted by atomic mass is 9.91. The van der Waals surface area contributed by atoms with Crippen LogP contribution in [0.5, 0.6) is 0 Å². The number of nitrogens with one attached hydrogen (secondary N) is 1.